The van der Waals surface area contributed by atoms with E-state index in [4.69, 9.17) is 17.3 Å². The fraction of sp³-hybridized carbons (Fsp3) is 0.217. The van der Waals surface area contributed by atoms with Crippen molar-refractivity contribution in [1.82, 2.24) is 14.5 Å². The quantitative estimate of drug-likeness (QED) is 0.683. The molecule has 1 aliphatic rings. The summed E-state index contributed by atoms with van der Waals surface area (Å²) in [6.07, 6.45) is 3.81. The maximum atomic E-state index is 12.8. The van der Waals surface area contributed by atoms with Gasteiger partial charge in [0.15, 0.2) is 0 Å². The van der Waals surface area contributed by atoms with Crippen molar-refractivity contribution in [1.29, 1.82) is 0 Å². The second-order valence-corrected chi connectivity index (χ2v) is 7.63. The summed E-state index contributed by atoms with van der Waals surface area (Å²) >= 11 is 6.44. The molecule has 5 nitrogen and oxygen atoms in total. The van der Waals surface area contributed by atoms with Gasteiger partial charge in [0.25, 0.3) is 0 Å². The van der Waals surface area contributed by atoms with Crippen molar-refractivity contribution >= 4 is 17.5 Å². The van der Waals surface area contributed by atoms with Crippen molar-refractivity contribution in [2.45, 2.75) is 25.6 Å². The van der Waals surface area contributed by atoms with Crippen LogP contribution in [0.1, 0.15) is 27.9 Å². The monoisotopic (exact) mass is 404 g/mol. The second kappa shape index (κ2) is 8.12. The number of carbonyl (C=O) groups excluding carboxylic acids is 1. The minimum absolute atomic E-state index is 0.0580. The van der Waals surface area contributed by atoms with E-state index in [1.165, 1.54) is 11.1 Å². The Balaban J connectivity index is 1.42. The molecule has 2 aromatic carbocycles. The first-order valence-electron chi connectivity index (χ1n) is 9.39. The van der Waals surface area contributed by atoms with Crippen LogP contribution in [-0.4, -0.2) is 26.4 Å². The summed E-state index contributed by atoms with van der Waals surface area (Å²) in [6, 6.07) is 13.1. The molecule has 0 fully saturated rings. The van der Waals surface area contributed by atoms with E-state index in [-0.39, 0.29) is 5.91 Å². The Hall–Kier alpha value is -3.07. The van der Waals surface area contributed by atoms with E-state index >= 15 is 0 Å². The van der Waals surface area contributed by atoms with Gasteiger partial charge in [-0.1, -0.05) is 47.9 Å². The fourth-order valence-electron chi connectivity index (χ4n) is 3.45. The predicted octanol–water partition coefficient (Wildman–Crippen LogP) is 2.89. The number of carbonyl (C=O) groups is 1. The summed E-state index contributed by atoms with van der Waals surface area (Å²) in [5, 5.41) is 0.565. The van der Waals surface area contributed by atoms with Gasteiger partial charge in [-0.3, -0.25) is 4.79 Å². The van der Waals surface area contributed by atoms with Gasteiger partial charge in [-0.15, -0.1) is 0 Å². The van der Waals surface area contributed by atoms with Gasteiger partial charge in [-0.05, 0) is 41.2 Å². The van der Waals surface area contributed by atoms with Crippen LogP contribution in [0.5, 0.6) is 0 Å². The summed E-state index contributed by atoms with van der Waals surface area (Å²) in [7, 11) is 1.89. The van der Waals surface area contributed by atoms with Gasteiger partial charge in [0.05, 0.1) is 18.6 Å². The van der Waals surface area contributed by atoms with E-state index in [2.05, 4.69) is 29.0 Å². The summed E-state index contributed by atoms with van der Waals surface area (Å²) in [6.45, 7) is 1.22. The van der Waals surface area contributed by atoms with E-state index in [0.717, 1.165) is 16.8 Å². The number of aryl methyl sites for hydroxylation is 1. The van der Waals surface area contributed by atoms with Crippen LogP contribution in [0.3, 0.4) is 0 Å². The summed E-state index contributed by atoms with van der Waals surface area (Å²) in [5.41, 5.74) is 11.1. The molecule has 2 heterocycles. The standard InChI is InChI=1S/C23H21ClN4O/c1-27-15-26-12-20(27)9-7-16-6-8-17(21(24)10-16)11-22(25)23(29)28-13-18-4-2-3-5-19(18)14-28/h2-6,8,10,12,15,22H,11,13-14,25H2,1H3. The maximum absolute atomic E-state index is 12.8. The van der Waals surface area contributed by atoms with Gasteiger partial charge in [0.1, 0.15) is 5.69 Å². The van der Waals surface area contributed by atoms with Gasteiger partial charge < -0.3 is 15.2 Å². The van der Waals surface area contributed by atoms with E-state index < -0.39 is 6.04 Å². The largest absolute Gasteiger partial charge is 0.333 e. The van der Waals surface area contributed by atoms with E-state index in [1.54, 1.807) is 17.4 Å². The molecule has 0 saturated carbocycles. The molecule has 146 valence electrons. The highest BCUT2D eigenvalue weighted by Crippen LogP contribution is 2.24. The number of amides is 1. The highest BCUT2D eigenvalue weighted by molar-refractivity contribution is 6.31. The minimum atomic E-state index is -0.631. The highest BCUT2D eigenvalue weighted by atomic mass is 35.5. The molecular weight excluding hydrogens is 384 g/mol. The Morgan fingerprint density at radius 1 is 1.21 bits per heavy atom. The van der Waals surface area contributed by atoms with Gasteiger partial charge >= 0.3 is 0 Å². The van der Waals surface area contributed by atoms with E-state index in [0.29, 0.717) is 24.5 Å². The molecule has 2 N–H and O–H groups in total. The molecule has 1 atom stereocenters. The Morgan fingerprint density at radius 2 is 1.93 bits per heavy atom. The van der Waals surface area contributed by atoms with Gasteiger partial charge in [0, 0.05) is 30.7 Å². The van der Waals surface area contributed by atoms with E-state index in [9.17, 15) is 4.79 Å². The molecule has 1 aromatic heterocycles. The van der Waals surface area contributed by atoms with Crippen molar-refractivity contribution in [2.75, 3.05) is 0 Å². The minimum Gasteiger partial charge on any atom is -0.333 e. The Morgan fingerprint density at radius 3 is 2.55 bits per heavy atom. The Bertz CT molecular complexity index is 1100. The lowest BCUT2D eigenvalue weighted by Gasteiger charge is -2.20. The number of halogens is 1. The second-order valence-electron chi connectivity index (χ2n) is 7.22. The molecule has 0 bridgehead atoms. The first-order valence-corrected chi connectivity index (χ1v) is 9.77. The fourth-order valence-corrected chi connectivity index (χ4v) is 3.71. The molecule has 1 aliphatic heterocycles. The van der Waals surface area contributed by atoms with Crippen LogP contribution in [0.25, 0.3) is 0 Å². The number of hydrogen-bond donors (Lipinski definition) is 1. The zero-order chi connectivity index (χ0) is 20.4. The number of nitrogens with two attached hydrogens (primary N) is 1. The number of hydrogen-bond acceptors (Lipinski definition) is 3. The van der Waals surface area contributed by atoms with Gasteiger partial charge in [0.2, 0.25) is 5.91 Å². The molecule has 4 rings (SSSR count). The van der Waals surface area contributed by atoms with Crippen LogP contribution in [0.4, 0.5) is 0 Å². The van der Waals surface area contributed by atoms with Crippen LogP contribution in [-0.2, 0) is 31.4 Å². The van der Waals surface area contributed by atoms with Crippen LogP contribution in [0, 0.1) is 11.8 Å². The molecule has 0 saturated heterocycles. The normalized spacial score (nSPS) is 13.6. The van der Waals surface area contributed by atoms with Crippen LogP contribution >= 0.6 is 11.6 Å². The van der Waals surface area contributed by atoms with Gasteiger partial charge in [-0.2, -0.15) is 0 Å². The lowest BCUT2D eigenvalue weighted by Crippen LogP contribution is -2.42. The number of aromatic nitrogens is 2. The van der Waals surface area contributed by atoms with E-state index in [1.807, 2.05) is 41.9 Å². The summed E-state index contributed by atoms with van der Waals surface area (Å²) in [5.74, 6) is 6.09. The average Bonchev–Trinajstić information content (AvgIpc) is 3.33. The molecule has 3 aromatic rings. The lowest BCUT2D eigenvalue weighted by atomic mass is 10.0. The van der Waals surface area contributed by atoms with Crippen molar-refractivity contribution in [3.8, 4) is 11.8 Å². The molecule has 29 heavy (non-hydrogen) atoms. The summed E-state index contributed by atoms with van der Waals surface area (Å²) < 4.78 is 1.85. The SMILES string of the molecule is Cn1cncc1C#Cc1ccc(CC(N)C(=O)N2Cc3ccccc3C2)c(Cl)c1. The van der Waals surface area contributed by atoms with Gasteiger partial charge in [-0.25, -0.2) is 4.98 Å². The molecule has 0 spiro atoms. The third-order valence-corrected chi connectivity index (χ3v) is 5.47. The average molecular weight is 405 g/mol. The first kappa shape index (κ1) is 19.3. The van der Waals surface area contributed by atoms with Crippen LogP contribution in [0.2, 0.25) is 5.02 Å². The third-order valence-electron chi connectivity index (χ3n) is 5.11. The number of fused-ring (bicyclic) bond motifs is 1. The molecule has 6 heteroatoms. The molecule has 1 unspecified atom stereocenters. The summed E-state index contributed by atoms with van der Waals surface area (Å²) in [4.78, 5) is 18.6. The smallest absolute Gasteiger partial charge is 0.240 e. The first-order chi connectivity index (χ1) is 14.0. The third kappa shape index (κ3) is 4.19. The predicted molar refractivity (Wildman–Crippen MR) is 113 cm³/mol. The number of rotatable bonds is 3. The zero-order valence-electron chi connectivity index (χ0n) is 16.1. The number of imidazole rings is 1. The number of benzene rings is 2. The topological polar surface area (TPSA) is 64.2 Å². The maximum Gasteiger partial charge on any atom is 0.240 e. The Kier molecular flexibility index (Phi) is 5.39. The molecule has 0 radical (unpaired) electrons. The molecule has 0 aliphatic carbocycles. The lowest BCUT2D eigenvalue weighted by molar-refractivity contribution is -0.133. The van der Waals surface area contributed by atoms with Crippen molar-refractivity contribution in [3.05, 3.63) is 88.0 Å². The Labute approximate surface area is 175 Å². The van der Waals surface area contributed by atoms with Crippen molar-refractivity contribution < 1.29 is 4.79 Å². The molecular formula is C23H21ClN4O. The highest BCUT2D eigenvalue weighted by Gasteiger charge is 2.27. The van der Waals surface area contributed by atoms with Crippen LogP contribution < -0.4 is 5.73 Å². The van der Waals surface area contributed by atoms with Crippen LogP contribution in [0.15, 0.2) is 55.0 Å². The molecule has 1 amide bonds. The number of nitrogens with zero attached hydrogens (tertiary/aromatic N) is 3. The zero-order valence-corrected chi connectivity index (χ0v) is 16.9. The van der Waals surface area contributed by atoms with Crippen molar-refractivity contribution in [2.24, 2.45) is 12.8 Å². The van der Waals surface area contributed by atoms with Crippen molar-refractivity contribution in [3.63, 3.8) is 0 Å².